The van der Waals surface area contributed by atoms with E-state index < -0.39 is 0 Å². The van der Waals surface area contributed by atoms with Gasteiger partial charge in [-0.25, -0.2) is 0 Å². The molecule has 0 aromatic carbocycles. The van der Waals surface area contributed by atoms with Gasteiger partial charge in [-0.15, -0.1) is 10.2 Å². The molecular formula is C9H8BrN3S. The van der Waals surface area contributed by atoms with Gasteiger partial charge in [0.05, 0.1) is 5.69 Å². The van der Waals surface area contributed by atoms with Crippen molar-refractivity contribution in [3.8, 4) is 11.3 Å². The number of nitrogens with zero attached hydrogens (tertiary/aromatic N) is 2. The van der Waals surface area contributed by atoms with E-state index in [0.29, 0.717) is 0 Å². The van der Waals surface area contributed by atoms with Crippen molar-refractivity contribution in [2.45, 2.75) is 0 Å². The predicted octanol–water partition coefficient (Wildman–Crippen LogP) is 3.01. The third-order valence-corrected chi connectivity index (χ3v) is 3.51. The highest BCUT2D eigenvalue weighted by atomic mass is 79.9. The maximum Gasteiger partial charge on any atom is 0.148 e. The minimum Gasteiger partial charge on any atom is -0.372 e. The van der Waals surface area contributed by atoms with Crippen molar-refractivity contribution in [3.63, 3.8) is 0 Å². The van der Waals surface area contributed by atoms with Gasteiger partial charge in [-0.3, -0.25) is 0 Å². The molecule has 5 heteroatoms. The zero-order valence-electron chi connectivity index (χ0n) is 7.49. The number of anilines is 1. The molecule has 0 fully saturated rings. The van der Waals surface area contributed by atoms with Gasteiger partial charge in [-0.2, -0.15) is 11.3 Å². The fourth-order valence-corrected chi connectivity index (χ4v) is 2.56. The molecule has 2 aromatic heterocycles. The van der Waals surface area contributed by atoms with Gasteiger partial charge in [0.25, 0.3) is 0 Å². The summed E-state index contributed by atoms with van der Waals surface area (Å²) < 4.78 is 1.06. The molecule has 0 aliphatic carbocycles. The van der Waals surface area contributed by atoms with Crippen LogP contribution < -0.4 is 5.32 Å². The zero-order chi connectivity index (χ0) is 9.97. The first kappa shape index (κ1) is 9.61. The molecular weight excluding hydrogens is 262 g/mol. The zero-order valence-corrected chi connectivity index (χ0v) is 9.89. The van der Waals surface area contributed by atoms with Crippen LogP contribution in [0.5, 0.6) is 0 Å². The molecule has 0 atom stereocenters. The van der Waals surface area contributed by atoms with Crippen molar-refractivity contribution in [1.82, 2.24) is 10.2 Å². The highest BCUT2D eigenvalue weighted by Crippen LogP contribution is 2.29. The Kier molecular flexibility index (Phi) is 2.79. The molecule has 14 heavy (non-hydrogen) atoms. The molecule has 0 aliphatic rings. The number of halogens is 1. The number of nitrogens with one attached hydrogen (secondary N) is 1. The summed E-state index contributed by atoms with van der Waals surface area (Å²) in [5.74, 6) is 0.778. The van der Waals surface area contributed by atoms with Crippen LogP contribution in [-0.4, -0.2) is 17.2 Å². The summed E-state index contributed by atoms with van der Waals surface area (Å²) in [6.07, 6.45) is 0. The average Bonchev–Trinajstić information content (AvgIpc) is 2.65. The quantitative estimate of drug-likeness (QED) is 0.911. The summed E-state index contributed by atoms with van der Waals surface area (Å²) >= 11 is 5.11. The lowest BCUT2D eigenvalue weighted by Crippen LogP contribution is -1.94. The fourth-order valence-electron chi connectivity index (χ4n) is 1.07. The van der Waals surface area contributed by atoms with Gasteiger partial charge in [0.1, 0.15) is 5.82 Å². The van der Waals surface area contributed by atoms with Crippen LogP contribution in [0.3, 0.4) is 0 Å². The molecule has 0 unspecified atom stereocenters. The van der Waals surface area contributed by atoms with Crippen molar-refractivity contribution in [2.24, 2.45) is 0 Å². The van der Waals surface area contributed by atoms with E-state index in [1.165, 1.54) is 0 Å². The Bertz CT molecular complexity index is 424. The summed E-state index contributed by atoms with van der Waals surface area (Å²) in [6.45, 7) is 0. The van der Waals surface area contributed by atoms with Gasteiger partial charge in [-0.1, -0.05) is 0 Å². The molecule has 2 rings (SSSR count). The molecule has 3 nitrogen and oxygen atoms in total. The first-order valence-corrected chi connectivity index (χ1v) is 5.78. The van der Waals surface area contributed by atoms with E-state index in [-0.39, 0.29) is 0 Å². The van der Waals surface area contributed by atoms with Crippen LogP contribution in [0.2, 0.25) is 0 Å². The molecule has 0 amide bonds. The summed E-state index contributed by atoms with van der Waals surface area (Å²) in [5.41, 5.74) is 1.97. The van der Waals surface area contributed by atoms with Crippen LogP contribution in [-0.2, 0) is 0 Å². The Morgan fingerprint density at radius 2 is 2.14 bits per heavy atom. The first-order chi connectivity index (χ1) is 6.81. The molecule has 72 valence electrons. The van der Waals surface area contributed by atoms with E-state index in [4.69, 9.17) is 0 Å². The van der Waals surface area contributed by atoms with Crippen LogP contribution >= 0.6 is 27.3 Å². The lowest BCUT2D eigenvalue weighted by atomic mass is 10.2. The largest absolute Gasteiger partial charge is 0.372 e. The second-order valence-corrected chi connectivity index (χ2v) is 4.29. The van der Waals surface area contributed by atoms with E-state index >= 15 is 0 Å². The molecule has 2 aromatic rings. The summed E-state index contributed by atoms with van der Waals surface area (Å²) in [7, 11) is 1.82. The standard InChI is InChI=1S/C9H8BrN3S/c1-11-9-3-2-8(12-13-9)6-4-14-5-7(6)10/h2-5H,1H3,(H,11,13). The smallest absolute Gasteiger partial charge is 0.148 e. The van der Waals surface area contributed by atoms with Gasteiger partial charge in [0.2, 0.25) is 0 Å². The Hall–Kier alpha value is -0.940. The Morgan fingerprint density at radius 3 is 2.64 bits per heavy atom. The van der Waals surface area contributed by atoms with E-state index in [2.05, 4.69) is 31.4 Å². The average molecular weight is 270 g/mol. The normalized spacial score (nSPS) is 10.1. The monoisotopic (exact) mass is 269 g/mol. The van der Waals surface area contributed by atoms with Crippen molar-refractivity contribution < 1.29 is 0 Å². The minimum atomic E-state index is 0.778. The second kappa shape index (κ2) is 4.06. The number of hydrogen-bond acceptors (Lipinski definition) is 4. The highest BCUT2D eigenvalue weighted by molar-refractivity contribution is 9.10. The third kappa shape index (κ3) is 1.78. The summed E-state index contributed by atoms with van der Waals surface area (Å²) in [5, 5.41) is 15.1. The topological polar surface area (TPSA) is 37.8 Å². The van der Waals surface area contributed by atoms with Crippen LogP contribution in [0.25, 0.3) is 11.3 Å². The SMILES string of the molecule is CNc1ccc(-c2cscc2Br)nn1. The molecule has 2 heterocycles. The van der Waals surface area contributed by atoms with E-state index in [9.17, 15) is 0 Å². The van der Waals surface area contributed by atoms with E-state index in [1.807, 2.05) is 29.9 Å². The Labute approximate surface area is 94.3 Å². The molecule has 1 N–H and O–H groups in total. The van der Waals surface area contributed by atoms with E-state index in [1.54, 1.807) is 11.3 Å². The third-order valence-electron chi connectivity index (χ3n) is 1.81. The Balaban J connectivity index is 2.39. The van der Waals surface area contributed by atoms with Crippen LogP contribution in [0, 0.1) is 0 Å². The van der Waals surface area contributed by atoms with Crippen molar-refractivity contribution >= 4 is 33.1 Å². The number of aromatic nitrogens is 2. The summed E-state index contributed by atoms with van der Waals surface area (Å²) in [4.78, 5) is 0. The van der Waals surface area contributed by atoms with Crippen LogP contribution in [0.4, 0.5) is 5.82 Å². The van der Waals surface area contributed by atoms with Crippen LogP contribution in [0.1, 0.15) is 0 Å². The van der Waals surface area contributed by atoms with Gasteiger partial charge in [0.15, 0.2) is 0 Å². The van der Waals surface area contributed by atoms with Gasteiger partial charge < -0.3 is 5.32 Å². The fraction of sp³-hybridized carbons (Fsp3) is 0.111. The lowest BCUT2D eigenvalue weighted by Gasteiger charge is -1.99. The number of hydrogen-bond donors (Lipinski definition) is 1. The maximum absolute atomic E-state index is 4.12. The van der Waals surface area contributed by atoms with Gasteiger partial charge >= 0.3 is 0 Å². The first-order valence-electron chi connectivity index (χ1n) is 4.05. The predicted molar refractivity (Wildman–Crippen MR) is 62.6 cm³/mol. The molecule has 0 aliphatic heterocycles. The molecule has 0 saturated carbocycles. The molecule has 0 saturated heterocycles. The minimum absolute atomic E-state index is 0.778. The lowest BCUT2D eigenvalue weighted by molar-refractivity contribution is 1.04. The van der Waals surface area contributed by atoms with Crippen molar-refractivity contribution in [2.75, 3.05) is 12.4 Å². The van der Waals surface area contributed by atoms with Gasteiger partial charge in [0, 0.05) is 27.8 Å². The van der Waals surface area contributed by atoms with Crippen molar-refractivity contribution in [3.05, 3.63) is 27.4 Å². The highest BCUT2D eigenvalue weighted by Gasteiger charge is 2.05. The van der Waals surface area contributed by atoms with E-state index in [0.717, 1.165) is 21.5 Å². The second-order valence-electron chi connectivity index (χ2n) is 2.69. The molecule has 0 spiro atoms. The maximum atomic E-state index is 4.12. The van der Waals surface area contributed by atoms with Crippen LogP contribution in [0.15, 0.2) is 27.4 Å². The Morgan fingerprint density at radius 1 is 1.29 bits per heavy atom. The van der Waals surface area contributed by atoms with Crippen molar-refractivity contribution in [1.29, 1.82) is 0 Å². The number of thiophene rings is 1. The van der Waals surface area contributed by atoms with Gasteiger partial charge in [-0.05, 0) is 28.1 Å². The molecule has 0 bridgehead atoms. The summed E-state index contributed by atoms with van der Waals surface area (Å²) in [6, 6.07) is 3.86. The molecule has 0 radical (unpaired) electrons. The number of rotatable bonds is 2.